The molecule has 1 aliphatic heterocycles. The van der Waals surface area contributed by atoms with E-state index in [1.807, 2.05) is 35.3 Å². The number of nitrogens with one attached hydrogen (secondary N) is 2. The molecule has 11 heteroatoms. The van der Waals surface area contributed by atoms with Crippen molar-refractivity contribution in [2.24, 2.45) is 0 Å². The number of piperazine rings is 1. The number of hydrogen-bond acceptors (Lipinski definition) is 6. The summed E-state index contributed by atoms with van der Waals surface area (Å²) in [6.45, 7) is 3.83. The van der Waals surface area contributed by atoms with Crippen LogP contribution in [0.4, 0.5) is 18.9 Å². The van der Waals surface area contributed by atoms with Crippen LogP contribution in [0.2, 0.25) is 0 Å². The lowest BCUT2D eigenvalue weighted by Gasteiger charge is -2.39. The summed E-state index contributed by atoms with van der Waals surface area (Å²) in [5.74, 6) is -0.690. The van der Waals surface area contributed by atoms with Gasteiger partial charge >= 0.3 is 0 Å². The van der Waals surface area contributed by atoms with Gasteiger partial charge in [-0.1, -0.05) is 11.6 Å². The first-order valence-electron chi connectivity index (χ1n) is 12.5. The molecule has 8 nitrogen and oxygen atoms in total. The van der Waals surface area contributed by atoms with Gasteiger partial charge in [0.05, 0.1) is 23.1 Å². The Morgan fingerprint density at radius 3 is 2.65 bits per heavy atom. The molecule has 2 N–H and O–H groups in total. The van der Waals surface area contributed by atoms with Gasteiger partial charge in [-0.05, 0) is 50.5 Å². The highest BCUT2D eigenvalue weighted by molar-refractivity contribution is 5.92. The molecular weight excluding hydrogens is 485 g/mol. The van der Waals surface area contributed by atoms with Gasteiger partial charge in [0.15, 0.2) is 0 Å². The first-order chi connectivity index (χ1) is 17.8. The van der Waals surface area contributed by atoms with Crippen LogP contribution in [-0.4, -0.2) is 71.0 Å². The van der Waals surface area contributed by atoms with E-state index in [-0.39, 0.29) is 17.2 Å². The number of fused-ring (bicyclic) bond motifs is 1. The number of pyridine rings is 1. The van der Waals surface area contributed by atoms with Crippen LogP contribution in [0.15, 0.2) is 35.1 Å². The Morgan fingerprint density at radius 2 is 1.92 bits per heavy atom. The molecule has 1 aromatic carbocycles. The number of hydrogen-bond donors (Lipinski definition) is 2. The second-order valence-corrected chi connectivity index (χ2v) is 9.77. The van der Waals surface area contributed by atoms with Gasteiger partial charge in [-0.15, -0.1) is 0 Å². The molecule has 1 amide bonds. The van der Waals surface area contributed by atoms with Crippen molar-refractivity contribution in [2.45, 2.75) is 44.6 Å². The number of rotatable bonds is 6. The summed E-state index contributed by atoms with van der Waals surface area (Å²) in [6, 6.07) is 8.90. The summed E-state index contributed by atoms with van der Waals surface area (Å²) >= 11 is 0. The molecule has 3 heterocycles. The molecule has 2 aromatic heterocycles. The van der Waals surface area contributed by atoms with Gasteiger partial charge in [0.2, 0.25) is 5.95 Å². The fourth-order valence-electron chi connectivity index (χ4n) is 5.38. The van der Waals surface area contributed by atoms with Gasteiger partial charge in [-0.2, -0.15) is 4.39 Å². The fourth-order valence-corrected chi connectivity index (χ4v) is 5.38. The molecule has 2 fully saturated rings. The zero-order chi connectivity index (χ0) is 26.1. The fraction of sp³-hybridized carbons (Fsp3) is 0.462. The SMILES string of the molecule is Cc1ccc2nc(C3CCC(N4CCN(c5ccc(C(=O)NCC(F)F)nc5F)CC4)C3)[nH]c(=O)c2c1. The van der Waals surface area contributed by atoms with Gasteiger partial charge in [-0.25, -0.2) is 18.7 Å². The monoisotopic (exact) mass is 514 g/mol. The molecule has 3 aromatic rings. The smallest absolute Gasteiger partial charge is 0.270 e. The lowest BCUT2D eigenvalue weighted by atomic mass is 10.1. The number of aromatic amines is 1. The summed E-state index contributed by atoms with van der Waals surface area (Å²) in [4.78, 5) is 40.2. The number of carbonyl (C=O) groups excluding carboxylic acids is 1. The summed E-state index contributed by atoms with van der Waals surface area (Å²) in [5.41, 5.74) is 1.70. The van der Waals surface area contributed by atoms with Crippen LogP contribution in [0, 0.1) is 12.9 Å². The number of aromatic nitrogens is 3. The Morgan fingerprint density at radius 1 is 1.14 bits per heavy atom. The van der Waals surface area contributed by atoms with Gasteiger partial charge in [-0.3, -0.25) is 14.5 Å². The van der Waals surface area contributed by atoms with Crippen LogP contribution in [0.3, 0.4) is 0 Å². The predicted molar refractivity (Wildman–Crippen MR) is 134 cm³/mol. The Labute approximate surface area is 211 Å². The zero-order valence-corrected chi connectivity index (χ0v) is 20.5. The highest BCUT2D eigenvalue weighted by Gasteiger charge is 2.33. The number of benzene rings is 1. The van der Waals surface area contributed by atoms with Crippen LogP contribution >= 0.6 is 0 Å². The average molecular weight is 515 g/mol. The number of H-pyrrole nitrogens is 1. The van der Waals surface area contributed by atoms with Gasteiger partial charge in [0, 0.05) is 38.1 Å². The molecule has 37 heavy (non-hydrogen) atoms. The van der Waals surface area contributed by atoms with Crippen molar-refractivity contribution in [3.63, 3.8) is 0 Å². The van der Waals surface area contributed by atoms with Crippen LogP contribution < -0.4 is 15.8 Å². The van der Waals surface area contributed by atoms with E-state index in [1.54, 1.807) is 0 Å². The molecule has 0 bridgehead atoms. The third-order valence-electron chi connectivity index (χ3n) is 7.32. The molecule has 5 rings (SSSR count). The van der Waals surface area contributed by atoms with Crippen molar-refractivity contribution in [1.29, 1.82) is 0 Å². The standard InChI is InChI=1S/C26H29F3N6O2/c1-15-2-5-19-18(12-15)25(36)33-24(32-19)16-3-4-17(13-16)34-8-10-35(11-9-34)21-7-6-20(31-23(21)29)26(37)30-14-22(27)28/h2,5-7,12,16-17,22H,3-4,8-11,13-14H2,1H3,(H,30,37)(H,32,33,36). The lowest BCUT2D eigenvalue weighted by molar-refractivity contribution is 0.0886. The van der Waals surface area contributed by atoms with E-state index in [1.165, 1.54) is 12.1 Å². The van der Waals surface area contributed by atoms with Crippen molar-refractivity contribution in [3.8, 4) is 0 Å². The molecule has 1 saturated carbocycles. The molecule has 2 atom stereocenters. The maximum Gasteiger partial charge on any atom is 0.270 e. The van der Waals surface area contributed by atoms with Crippen LogP contribution in [0.5, 0.6) is 0 Å². The number of halogens is 3. The minimum atomic E-state index is -2.69. The Hall–Kier alpha value is -3.47. The van der Waals surface area contributed by atoms with E-state index in [0.717, 1.165) is 49.3 Å². The number of aryl methyl sites for hydroxylation is 1. The third-order valence-corrected chi connectivity index (χ3v) is 7.32. The Kier molecular flexibility index (Phi) is 7.14. The topological polar surface area (TPSA) is 94.2 Å². The van der Waals surface area contributed by atoms with Crippen molar-refractivity contribution in [3.05, 3.63) is 63.7 Å². The summed E-state index contributed by atoms with van der Waals surface area (Å²) < 4.78 is 39.3. The van der Waals surface area contributed by atoms with Crippen molar-refractivity contribution < 1.29 is 18.0 Å². The van der Waals surface area contributed by atoms with Crippen LogP contribution in [0.25, 0.3) is 10.9 Å². The highest BCUT2D eigenvalue weighted by Crippen LogP contribution is 2.36. The normalized spacial score (nSPS) is 20.6. The molecule has 2 aliphatic rings. The number of alkyl halides is 2. The van der Waals surface area contributed by atoms with E-state index in [4.69, 9.17) is 4.98 Å². The second-order valence-electron chi connectivity index (χ2n) is 9.77. The van der Waals surface area contributed by atoms with E-state index in [9.17, 15) is 22.8 Å². The van der Waals surface area contributed by atoms with Crippen LogP contribution in [-0.2, 0) is 0 Å². The van der Waals surface area contributed by atoms with E-state index in [0.29, 0.717) is 30.2 Å². The van der Waals surface area contributed by atoms with Crippen molar-refractivity contribution >= 4 is 22.5 Å². The minimum Gasteiger partial charge on any atom is -0.365 e. The lowest BCUT2D eigenvalue weighted by Crippen LogP contribution is -2.50. The number of carbonyl (C=O) groups is 1. The van der Waals surface area contributed by atoms with Gasteiger partial charge in [0.25, 0.3) is 17.9 Å². The van der Waals surface area contributed by atoms with E-state index in [2.05, 4.69) is 14.9 Å². The molecule has 1 saturated heterocycles. The third kappa shape index (κ3) is 5.46. The predicted octanol–water partition coefficient (Wildman–Crippen LogP) is 3.22. The number of nitrogens with zero attached hydrogens (tertiary/aromatic N) is 4. The molecular formula is C26H29F3N6O2. The van der Waals surface area contributed by atoms with E-state index >= 15 is 0 Å². The molecule has 1 aliphatic carbocycles. The largest absolute Gasteiger partial charge is 0.365 e. The first kappa shape index (κ1) is 25.2. The maximum atomic E-state index is 14.7. The minimum absolute atomic E-state index is 0.103. The summed E-state index contributed by atoms with van der Waals surface area (Å²) in [5, 5.41) is 2.64. The zero-order valence-electron chi connectivity index (χ0n) is 20.5. The van der Waals surface area contributed by atoms with Crippen molar-refractivity contribution in [1.82, 2.24) is 25.2 Å². The first-order valence-corrected chi connectivity index (χ1v) is 12.5. The summed E-state index contributed by atoms with van der Waals surface area (Å²) in [7, 11) is 0. The molecule has 0 radical (unpaired) electrons. The Balaban J connectivity index is 1.19. The number of anilines is 1. The maximum absolute atomic E-state index is 14.7. The molecule has 2 unspecified atom stereocenters. The van der Waals surface area contributed by atoms with Gasteiger partial charge < -0.3 is 15.2 Å². The van der Waals surface area contributed by atoms with Gasteiger partial charge in [0.1, 0.15) is 11.5 Å². The Bertz CT molecular complexity index is 1360. The quantitative estimate of drug-likeness (QED) is 0.491. The average Bonchev–Trinajstić information content (AvgIpc) is 3.38. The molecule has 0 spiro atoms. The molecule has 196 valence electrons. The highest BCUT2D eigenvalue weighted by atomic mass is 19.3. The number of amides is 1. The van der Waals surface area contributed by atoms with Crippen molar-refractivity contribution in [2.75, 3.05) is 37.6 Å². The second kappa shape index (κ2) is 10.5. The van der Waals surface area contributed by atoms with Crippen LogP contribution in [0.1, 0.15) is 47.1 Å². The summed E-state index contributed by atoms with van der Waals surface area (Å²) in [6.07, 6.45) is 0.158. The van der Waals surface area contributed by atoms with E-state index < -0.39 is 24.8 Å².